The van der Waals surface area contributed by atoms with Crippen molar-refractivity contribution < 1.29 is 9.53 Å². The van der Waals surface area contributed by atoms with Gasteiger partial charge in [-0.1, -0.05) is 6.42 Å². The Kier molecular flexibility index (Phi) is 6.10. The lowest BCUT2D eigenvalue weighted by atomic mass is 9.85. The lowest BCUT2D eigenvalue weighted by molar-refractivity contribution is -0.133. The molecule has 2 saturated heterocycles. The molecule has 126 valence electrons. The van der Waals surface area contributed by atoms with Crippen LogP contribution in [0.4, 0.5) is 0 Å². The fourth-order valence-corrected chi connectivity index (χ4v) is 3.66. The Hall–Kier alpha value is -0.650. The van der Waals surface area contributed by atoms with Crippen molar-refractivity contribution >= 4 is 5.91 Å². The third-order valence-electron chi connectivity index (χ3n) is 5.43. The van der Waals surface area contributed by atoms with Gasteiger partial charge < -0.3 is 9.64 Å². The van der Waals surface area contributed by atoms with Crippen LogP contribution in [0.25, 0.3) is 0 Å². The van der Waals surface area contributed by atoms with Gasteiger partial charge in [0.15, 0.2) is 0 Å². The van der Waals surface area contributed by atoms with Crippen molar-refractivity contribution in [1.82, 2.24) is 14.7 Å². The number of hydrogen-bond donors (Lipinski definition) is 0. The van der Waals surface area contributed by atoms with Crippen LogP contribution in [0.3, 0.4) is 0 Å². The summed E-state index contributed by atoms with van der Waals surface area (Å²) in [6.07, 6.45) is 5.95. The third-order valence-corrected chi connectivity index (χ3v) is 5.43. The maximum absolute atomic E-state index is 12.3. The molecule has 0 aromatic carbocycles. The van der Waals surface area contributed by atoms with Crippen LogP contribution in [0, 0.1) is 5.92 Å². The minimum Gasteiger partial charge on any atom is -0.379 e. The first-order chi connectivity index (χ1) is 10.8. The molecule has 3 aliphatic rings. The standard InChI is InChI=1S/C17H31N3O2/c21-17(5-2-6-18-11-13-22-14-12-18)20-9-7-19(8-10-20)15-16-3-1-4-16/h16H,1-15H2. The Morgan fingerprint density at radius 3 is 2.32 bits per heavy atom. The number of morpholine rings is 1. The van der Waals surface area contributed by atoms with Crippen LogP contribution in [-0.2, 0) is 9.53 Å². The summed E-state index contributed by atoms with van der Waals surface area (Å²) < 4.78 is 5.35. The second-order valence-electron chi connectivity index (χ2n) is 7.04. The molecule has 0 aromatic rings. The molecule has 3 rings (SSSR count). The van der Waals surface area contributed by atoms with Crippen LogP contribution in [0.2, 0.25) is 0 Å². The van der Waals surface area contributed by atoms with Crippen molar-refractivity contribution in [3.63, 3.8) is 0 Å². The first-order valence-corrected chi connectivity index (χ1v) is 9.11. The van der Waals surface area contributed by atoms with Crippen molar-refractivity contribution in [3.8, 4) is 0 Å². The van der Waals surface area contributed by atoms with E-state index in [2.05, 4.69) is 14.7 Å². The largest absolute Gasteiger partial charge is 0.379 e. The predicted octanol–water partition coefficient (Wildman–Crippen LogP) is 1.04. The minimum atomic E-state index is 0.358. The van der Waals surface area contributed by atoms with E-state index in [4.69, 9.17) is 4.74 Å². The molecule has 0 radical (unpaired) electrons. The Morgan fingerprint density at radius 1 is 0.955 bits per heavy atom. The van der Waals surface area contributed by atoms with Crippen LogP contribution in [0.15, 0.2) is 0 Å². The highest BCUT2D eigenvalue weighted by Gasteiger charge is 2.25. The lowest BCUT2D eigenvalue weighted by Crippen LogP contribution is -2.50. The molecule has 1 aliphatic carbocycles. The summed E-state index contributed by atoms with van der Waals surface area (Å²) in [4.78, 5) is 19.3. The molecular formula is C17H31N3O2. The van der Waals surface area contributed by atoms with Crippen molar-refractivity contribution in [3.05, 3.63) is 0 Å². The zero-order valence-corrected chi connectivity index (χ0v) is 13.8. The van der Waals surface area contributed by atoms with Gasteiger partial charge in [-0.25, -0.2) is 0 Å². The van der Waals surface area contributed by atoms with E-state index >= 15 is 0 Å². The molecule has 0 spiro atoms. The molecular weight excluding hydrogens is 278 g/mol. The Bertz CT molecular complexity index is 346. The molecule has 22 heavy (non-hydrogen) atoms. The molecule has 1 saturated carbocycles. The zero-order chi connectivity index (χ0) is 15.2. The van der Waals surface area contributed by atoms with Crippen LogP contribution < -0.4 is 0 Å². The smallest absolute Gasteiger partial charge is 0.222 e. The summed E-state index contributed by atoms with van der Waals surface area (Å²) in [7, 11) is 0. The highest BCUT2D eigenvalue weighted by atomic mass is 16.5. The second-order valence-corrected chi connectivity index (χ2v) is 7.04. The minimum absolute atomic E-state index is 0.358. The van der Waals surface area contributed by atoms with E-state index in [9.17, 15) is 4.79 Å². The molecule has 2 heterocycles. The van der Waals surface area contributed by atoms with Gasteiger partial charge in [0.1, 0.15) is 0 Å². The van der Waals surface area contributed by atoms with Crippen molar-refractivity contribution in [1.29, 1.82) is 0 Å². The lowest BCUT2D eigenvalue weighted by Gasteiger charge is -2.38. The van der Waals surface area contributed by atoms with E-state index in [0.717, 1.165) is 71.4 Å². The van der Waals surface area contributed by atoms with Gasteiger partial charge in [0.2, 0.25) is 5.91 Å². The first-order valence-electron chi connectivity index (χ1n) is 9.11. The fraction of sp³-hybridized carbons (Fsp3) is 0.941. The highest BCUT2D eigenvalue weighted by molar-refractivity contribution is 5.76. The van der Waals surface area contributed by atoms with E-state index in [0.29, 0.717) is 12.3 Å². The number of carbonyl (C=O) groups excluding carboxylic acids is 1. The van der Waals surface area contributed by atoms with E-state index < -0.39 is 0 Å². The van der Waals surface area contributed by atoms with Crippen LogP contribution in [0.1, 0.15) is 32.1 Å². The van der Waals surface area contributed by atoms with Gasteiger partial charge in [0, 0.05) is 52.2 Å². The summed E-state index contributed by atoms with van der Waals surface area (Å²) >= 11 is 0. The Labute approximate surface area is 134 Å². The van der Waals surface area contributed by atoms with Crippen molar-refractivity contribution in [2.75, 3.05) is 65.6 Å². The molecule has 5 heteroatoms. The molecule has 1 amide bonds. The fourth-order valence-electron chi connectivity index (χ4n) is 3.66. The van der Waals surface area contributed by atoms with Gasteiger partial charge in [-0.2, -0.15) is 0 Å². The van der Waals surface area contributed by atoms with E-state index in [-0.39, 0.29) is 0 Å². The van der Waals surface area contributed by atoms with Gasteiger partial charge in [-0.05, 0) is 31.7 Å². The van der Waals surface area contributed by atoms with Gasteiger partial charge in [0.05, 0.1) is 13.2 Å². The van der Waals surface area contributed by atoms with Crippen molar-refractivity contribution in [2.45, 2.75) is 32.1 Å². The molecule has 0 bridgehead atoms. The molecule has 0 atom stereocenters. The summed E-state index contributed by atoms with van der Waals surface area (Å²) in [5, 5.41) is 0. The van der Waals surface area contributed by atoms with Crippen LogP contribution in [0.5, 0.6) is 0 Å². The zero-order valence-electron chi connectivity index (χ0n) is 13.8. The maximum atomic E-state index is 12.3. The van der Waals surface area contributed by atoms with Gasteiger partial charge >= 0.3 is 0 Å². The van der Waals surface area contributed by atoms with E-state index in [1.807, 2.05) is 0 Å². The average Bonchev–Trinajstić information content (AvgIpc) is 2.52. The summed E-state index contributed by atoms with van der Waals surface area (Å²) in [5.74, 6) is 1.30. The van der Waals surface area contributed by atoms with Crippen LogP contribution >= 0.6 is 0 Å². The second kappa shape index (κ2) is 8.27. The Balaban J connectivity index is 1.28. The number of ether oxygens (including phenoxy) is 1. The quantitative estimate of drug-likeness (QED) is 0.735. The monoisotopic (exact) mass is 309 g/mol. The average molecular weight is 309 g/mol. The summed E-state index contributed by atoms with van der Waals surface area (Å²) in [5.41, 5.74) is 0. The Morgan fingerprint density at radius 2 is 1.68 bits per heavy atom. The number of rotatable bonds is 6. The molecule has 0 aromatic heterocycles. The topological polar surface area (TPSA) is 36.0 Å². The maximum Gasteiger partial charge on any atom is 0.222 e. The number of amides is 1. The van der Waals surface area contributed by atoms with Crippen LogP contribution in [-0.4, -0.2) is 86.2 Å². The van der Waals surface area contributed by atoms with Crippen molar-refractivity contribution in [2.24, 2.45) is 5.92 Å². The third kappa shape index (κ3) is 4.67. The highest BCUT2D eigenvalue weighted by Crippen LogP contribution is 2.27. The normalized spacial score (nSPS) is 25.2. The molecule has 0 N–H and O–H groups in total. The number of hydrogen-bond acceptors (Lipinski definition) is 4. The summed E-state index contributed by atoms with van der Waals surface area (Å²) in [6, 6.07) is 0. The van der Waals surface area contributed by atoms with Gasteiger partial charge in [0.25, 0.3) is 0 Å². The summed E-state index contributed by atoms with van der Waals surface area (Å²) in [6.45, 7) is 10.1. The molecule has 0 unspecified atom stereocenters. The number of nitrogens with zero attached hydrogens (tertiary/aromatic N) is 3. The first kappa shape index (κ1) is 16.2. The molecule has 3 fully saturated rings. The van der Waals surface area contributed by atoms with Gasteiger partial charge in [-0.3, -0.25) is 14.6 Å². The van der Waals surface area contributed by atoms with E-state index in [1.54, 1.807) is 0 Å². The van der Waals surface area contributed by atoms with Gasteiger partial charge in [-0.15, -0.1) is 0 Å². The molecule has 5 nitrogen and oxygen atoms in total. The number of piperazine rings is 1. The predicted molar refractivity (Wildman–Crippen MR) is 86.9 cm³/mol. The molecule has 2 aliphatic heterocycles. The number of carbonyl (C=O) groups is 1. The SMILES string of the molecule is O=C(CCCN1CCOCC1)N1CCN(CC2CCC2)CC1. The van der Waals surface area contributed by atoms with E-state index in [1.165, 1.54) is 25.8 Å².